The van der Waals surface area contributed by atoms with E-state index in [-0.39, 0.29) is 39.5 Å². The molecule has 0 aliphatic carbocycles. The molecule has 1 fully saturated rings. The summed E-state index contributed by atoms with van der Waals surface area (Å²) in [6.07, 6.45) is 1.53. The van der Waals surface area contributed by atoms with Gasteiger partial charge in [-0.25, -0.2) is 9.07 Å². The van der Waals surface area contributed by atoms with Crippen molar-refractivity contribution >= 4 is 29.2 Å². The highest BCUT2D eigenvalue weighted by Gasteiger charge is 2.23. The van der Waals surface area contributed by atoms with E-state index in [1.165, 1.54) is 23.0 Å². The predicted molar refractivity (Wildman–Crippen MR) is 133 cm³/mol. The van der Waals surface area contributed by atoms with E-state index >= 15 is 0 Å². The van der Waals surface area contributed by atoms with E-state index in [1.54, 1.807) is 30.3 Å². The Morgan fingerprint density at radius 1 is 1.06 bits per heavy atom. The number of carbonyl (C=O) groups is 2. The molecule has 8 nitrogen and oxygen atoms in total. The van der Waals surface area contributed by atoms with Gasteiger partial charge in [0, 0.05) is 30.3 Å². The predicted octanol–water partition coefficient (Wildman–Crippen LogP) is 4.36. The minimum absolute atomic E-state index is 0.0514. The monoisotopic (exact) mass is 505 g/mol. The molecule has 5 rings (SSSR count). The van der Waals surface area contributed by atoms with Gasteiger partial charge < -0.3 is 15.4 Å². The van der Waals surface area contributed by atoms with Gasteiger partial charge in [-0.2, -0.15) is 5.10 Å². The number of ether oxygens (including phenoxy) is 1. The lowest BCUT2D eigenvalue weighted by Crippen LogP contribution is -2.39. The maximum absolute atomic E-state index is 14.6. The largest absolute Gasteiger partial charge is 0.381 e. The lowest BCUT2D eigenvalue weighted by molar-refractivity contribution is -0.0299. The summed E-state index contributed by atoms with van der Waals surface area (Å²) < 4.78 is 21.2. The molecule has 2 amide bonds. The molecule has 0 spiro atoms. The fourth-order valence-corrected chi connectivity index (χ4v) is 3.94. The fraction of sp³-hybridized carbons (Fsp3) is 0.154. The molecule has 0 radical (unpaired) electrons. The summed E-state index contributed by atoms with van der Waals surface area (Å²) in [7, 11) is 0. The van der Waals surface area contributed by atoms with Crippen molar-refractivity contribution in [2.75, 3.05) is 25.1 Å². The summed E-state index contributed by atoms with van der Waals surface area (Å²) >= 11 is 6.23. The van der Waals surface area contributed by atoms with Crippen LogP contribution in [0, 0.1) is 11.7 Å². The normalized spacial score (nSPS) is 13.2. The second kappa shape index (κ2) is 10.3. The number of nitrogens with one attached hydrogen (secondary N) is 2. The molecule has 2 aromatic heterocycles. The summed E-state index contributed by atoms with van der Waals surface area (Å²) in [4.78, 5) is 30.1. The summed E-state index contributed by atoms with van der Waals surface area (Å²) in [5, 5.41) is 9.95. The third-order valence-electron chi connectivity index (χ3n) is 5.68. The lowest BCUT2D eigenvalue weighted by atomic mass is 10.1. The first kappa shape index (κ1) is 23.7. The standard InChI is InChI=1S/C26H21ClFN5O3/c27-20-11-21(28)19(22-8-4-5-9-29-22)10-18(20)25(34)31-24-12-23(26(35)30-13-16-14-36-15-16)32-33(24)17-6-2-1-3-7-17/h1-12,16H,13-15H2,(H,30,35)(H,31,34). The van der Waals surface area contributed by atoms with Crippen molar-refractivity contribution in [3.05, 3.63) is 95.0 Å². The molecule has 2 N–H and O–H groups in total. The van der Waals surface area contributed by atoms with E-state index in [0.29, 0.717) is 31.1 Å². The second-order valence-electron chi connectivity index (χ2n) is 8.26. The van der Waals surface area contributed by atoms with Crippen molar-refractivity contribution in [1.82, 2.24) is 20.1 Å². The van der Waals surface area contributed by atoms with Crippen LogP contribution in [0.5, 0.6) is 0 Å². The number of para-hydroxylation sites is 1. The zero-order chi connectivity index (χ0) is 25.1. The maximum atomic E-state index is 14.6. The number of hydrogen-bond donors (Lipinski definition) is 2. The Kier molecular flexibility index (Phi) is 6.75. The quantitative estimate of drug-likeness (QED) is 0.389. The van der Waals surface area contributed by atoms with E-state index in [0.717, 1.165) is 6.07 Å². The molecular formula is C26H21ClFN5O3. The number of carbonyl (C=O) groups excluding carboxylic acids is 2. The van der Waals surface area contributed by atoms with Crippen molar-refractivity contribution in [3.8, 4) is 16.9 Å². The number of pyridine rings is 1. The molecule has 0 saturated carbocycles. The van der Waals surface area contributed by atoms with Crippen LogP contribution in [0.1, 0.15) is 20.8 Å². The van der Waals surface area contributed by atoms with E-state index in [1.807, 2.05) is 18.2 Å². The van der Waals surface area contributed by atoms with Gasteiger partial charge in [-0.15, -0.1) is 0 Å². The molecule has 1 aliphatic heterocycles. The van der Waals surface area contributed by atoms with E-state index < -0.39 is 11.7 Å². The van der Waals surface area contributed by atoms with Crippen molar-refractivity contribution in [3.63, 3.8) is 0 Å². The van der Waals surface area contributed by atoms with Gasteiger partial charge in [0.05, 0.1) is 35.2 Å². The number of benzene rings is 2. The number of hydrogen-bond acceptors (Lipinski definition) is 5. The third-order valence-corrected chi connectivity index (χ3v) is 6.00. The Balaban J connectivity index is 1.45. The van der Waals surface area contributed by atoms with E-state index in [2.05, 4.69) is 20.7 Å². The van der Waals surface area contributed by atoms with Crippen LogP contribution in [0.4, 0.5) is 10.2 Å². The molecule has 36 heavy (non-hydrogen) atoms. The summed E-state index contributed by atoms with van der Waals surface area (Å²) in [5.74, 6) is -1.03. The third kappa shape index (κ3) is 4.98. The number of anilines is 1. The summed E-state index contributed by atoms with van der Waals surface area (Å²) in [6.45, 7) is 1.69. The van der Waals surface area contributed by atoms with Crippen molar-refractivity contribution in [1.29, 1.82) is 0 Å². The SMILES string of the molecule is O=C(NCC1COC1)c1cc(NC(=O)c2cc(-c3ccccn3)c(F)cc2Cl)n(-c2ccccc2)n1. The van der Waals surface area contributed by atoms with Crippen LogP contribution < -0.4 is 10.6 Å². The molecule has 1 aliphatic rings. The molecule has 0 unspecified atom stereocenters. The molecule has 2 aromatic carbocycles. The van der Waals surface area contributed by atoms with Gasteiger partial charge in [-0.1, -0.05) is 35.9 Å². The summed E-state index contributed by atoms with van der Waals surface area (Å²) in [6, 6.07) is 18.0. The first-order chi connectivity index (χ1) is 17.5. The average Bonchev–Trinajstić information content (AvgIpc) is 3.28. The Morgan fingerprint density at radius 3 is 2.53 bits per heavy atom. The van der Waals surface area contributed by atoms with Crippen LogP contribution in [-0.2, 0) is 4.74 Å². The van der Waals surface area contributed by atoms with Gasteiger partial charge >= 0.3 is 0 Å². The van der Waals surface area contributed by atoms with Crippen LogP contribution in [0.2, 0.25) is 5.02 Å². The van der Waals surface area contributed by atoms with Gasteiger partial charge in [0.1, 0.15) is 11.6 Å². The minimum atomic E-state index is -0.597. The van der Waals surface area contributed by atoms with E-state index in [4.69, 9.17) is 16.3 Å². The smallest absolute Gasteiger partial charge is 0.271 e. The molecule has 0 atom stereocenters. The molecule has 10 heteroatoms. The number of aromatic nitrogens is 3. The highest BCUT2D eigenvalue weighted by atomic mass is 35.5. The molecular weight excluding hydrogens is 485 g/mol. The zero-order valence-electron chi connectivity index (χ0n) is 18.9. The van der Waals surface area contributed by atoms with Crippen LogP contribution in [0.15, 0.2) is 72.9 Å². The zero-order valence-corrected chi connectivity index (χ0v) is 19.7. The Labute approximate surface area is 211 Å². The molecule has 4 aromatic rings. The lowest BCUT2D eigenvalue weighted by Gasteiger charge is -2.25. The fourth-order valence-electron chi connectivity index (χ4n) is 3.70. The van der Waals surface area contributed by atoms with Crippen LogP contribution in [0.3, 0.4) is 0 Å². The first-order valence-electron chi connectivity index (χ1n) is 11.2. The van der Waals surface area contributed by atoms with E-state index in [9.17, 15) is 14.0 Å². The molecule has 182 valence electrons. The van der Waals surface area contributed by atoms with Crippen molar-refractivity contribution < 1.29 is 18.7 Å². The highest BCUT2D eigenvalue weighted by molar-refractivity contribution is 6.34. The van der Waals surface area contributed by atoms with Crippen molar-refractivity contribution in [2.45, 2.75) is 0 Å². The number of amides is 2. The molecule has 0 bridgehead atoms. The minimum Gasteiger partial charge on any atom is -0.381 e. The first-order valence-corrected chi connectivity index (χ1v) is 11.6. The Morgan fingerprint density at radius 2 is 1.83 bits per heavy atom. The Bertz CT molecular complexity index is 1410. The van der Waals surface area contributed by atoms with Gasteiger partial charge in [0.15, 0.2) is 5.69 Å². The summed E-state index contributed by atoms with van der Waals surface area (Å²) in [5.41, 5.74) is 1.33. The molecule has 1 saturated heterocycles. The maximum Gasteiger partial charge on any atom is 0.271 e. The van der Waals surface area contributed by atoms with Gasteiger partial charge in [0.2, 0.25) is 0 Å². The number of rotatable bonds is 7. The Hall–Kier alpha value is -4.08. The number of nitrogens with zero attached hydrogens (tertiary/aromatic N) is 3. The molecule has 3 heterocycles. The topological polar surface area (TPSA) is 98.1 Å². The van der Waals surface area contributed by atoms with Crippen LogP contribution in [-0.4, -0.2) is 46.3 Å². The van der Waals surface area contributed by atoms with Crippen LogP contribution in [0.25, 0.3) is 16.9 Å². The highest BCUT2D eigenvalue weighted by Crippen LogP contribution is 2.28. The van der Waals surface area contributed by atoms with Gasteiger partial charge in [-0.3, -0.25) is 14.6 Å². The average molecular weight is 506 g/mol. The van der Waals surface area contributed by atoms with Gasteiger partial charge in [0.25, 0.3) is 11.8 Å². The second-order valence-corrected chi connectivity index (χ2v) is 8.66. The van der Waals surface area contributed by atoms with Crippen molar-refractivity contribution in [2.24, 2.45) is 5.92 Å². The van der Waals surface area contributed by atoms with Crippen LogP contribution >= 0.6 is 11.6 Å². The number of halogens is 2. The van der Waals surface area contributed by atoms with Gasteiger partial charge in [-0.05, 0) is 36.4 Å².